The Labute approximate surface area is 197 Å². The molecule has 34 heavy (non-hydrogen) atoms. The summed E-state index contributed by atoms with van der Waals surface area (Å²) in [6, 6.07) is 14.0. The maximum atomic E-state index is 13.1. The molecule has 8 nitrogen and oxygen atoms in total. The second kappa shape index (κ2) is 7.80. The minimum atomic E-state index is -3.84. The number of carboxylic acids is 1. The smallest absolute Gasteiger partial charge is 0.335 e. The highest BCUT2D eigenvalue weighted by molar-refractivity contribution is 7.92. The number of anilines is 2. The Morgan fingerprint density at radius 3 is 2.62 bits per heavy atom. The third-order valence-electron chi connectivity index (χ3n) is 7.65. The van der Waals surface area contributed by atoms with Crippen molar-refractivity contribution >= 4 is 27.6 Å². The van der Waals surface area contributed by atoms with Crippen LogP contribution < -0.4 is 10.0 Å². The number of benzene rings is 2. The molecule has 2 heterocycles. The Kier molecular flexibility index (Phi) is 4.84. The van der Waals surface area contributed by atoms with E-state index in [2.05, 4.69) is 20.0 Å². The molecule has 0 saturated heterocycles. The molecular weight excluding hydrogens is 452 g/mol. The van der Waals surface area contributed by atoms with Crippen molar-refractivity contribution in [1.82, 2.24) is 9.97 Å². The predicted molar refractivity (Wildman–Crippen MR) is 126 cm³/mol. The van der Waals surface area contributed by atoms with Crippen LogP contribution in [0, 0.1) is 17.8 Å². The number of fused-ring (bicyclic) bond motifs is 7. The van der Waals surface area contributed by atoms with Crippen LogP contribution in [-0.2, 0) is 10.0 Å². The van der Waals surface area contributed by atoms with Gasteiger partial charge >= 0.3 is 5.97 Å². The summed E-state index contributed by atoms with van der Waals surface area (Å²) in [5.74, 6) is 0.659. The highest BCUT2D eigenvalue weighted by Gasteiger charge is 2.54. The van der Waals surface area contributed by atoms with Crippen molar-refractivity contribution in [3.63, 3.8) is 0 Å². The van der Waals surface area contributed by atoms with Crippen molar-refractivity contribution in [2.24, 2.45) is 17.8 Å². The molecule has 174 valence electrons. The van der Waals surface area contributed by atoms with E-state index in [1.165, 1.54) is 12.4 Å². The summed E-state index contributed by atoms with van der Waals surface area (Å²) in [6.45, 7) is 0. The maximum Gasteiger partial charge on any atom is 0.335 e. The van der Waals surface area contributed by atoms with E-state index in [1.807, 2.05) is 12.1 Å². The fourth-order valence-corrected chi connectivity index (χ4v) is 7.35. The van der Waals surface area contributed by atoms with Crippen LogP contribution in [0.2, 0.25) is 0 Å². The van der Waals surface area contributed by atoms with Crippen LogP contribution in [0.5, 0.6) is 0 Å². The zero-order valence-corrected chi connectivity index (χ0v) is 19.1. The third-order valence-corrected chi connectivity index (χ3v) is 8.98. The highest BCUT2D eigenvalue weighted by atomic mass is 32.2. The first-order valence-corrected chi connectivity index (χ1v) is 12.9. The fraction of sp³-hybridized carbons (Fsp3) is 0.320. The summed E-state index contributed by atoms with van der Waals surface area (Å²) in [6.07, 6.45) is 6.39. The first-order valence-electron chi connectivity index (χ1n) is 11.4. The zero-order valence-electron chi connectivity index (χ0n) is 18.3. The number of hydrogen-bond acceptors (Lipinski definition) is 6. The van der Waals surface area contributed by atoms with Gasteiger partial charge in [-0.15, -0.1) is 0 Å². The van der Waals surface area contributed by atoms with E-state index in [-0.39, 0.29) is 28.4 Å². The average Bonchev–Trinajstić information content (AvgIpc) is 3.46. The predicted octanol–water partition coefficient (Wildman–Crippen LogP) is 4.27. The summed E-state index contributed by atoms with van der Waals surface area (Å²) in [4.78, 5) is 19.7. The van der Waals surface area contributed by atoms with Crippen molar-refractivity contribution in [2.75, 3.05) is 10.0 Å². The van der Waals surface area contributed by atoms with Gasteiger partial charge in [-0.05, 0) is 90.5 Å². The molecule has 1 aromatic heterocycles. The Hall–Kier alpha value is -3.46. The zero-order chi connectivity index (χ0) is 23.4. The minimum Gasteiger partial charge on any atom is -0.478 e. The van der Waals surface area contributed by atoms with Crippen LogP contribution in [0.4, 0.5) is 11.6 Å². The maximum absolute atomic E-state index is 13.1. The van der Waals surface area contributed by atoms with E-state index in [0.717, 1.165) is 36.1 Å². The van der Waals surface area contributed by atoms with Crippen LogP contribution in [-0.4, -0.2) is 29.5 Å². The lowest BCUT2D eigenvalue weighted by molar-refractivity contribution is 0.0696. The van der Waals surface area contributed by atoms with Crippen LogP contribution in [0.1, 0.15) is 52.7 Å². The van der Waals surface area contributed by atoms with Gasteiger partial charge in [0.15, 0.2) is 0 Å². The first-order chi connectivity index (χ1) is 16.4. The summed E-state index contributed by atoms with van der Waals surface area (Å²) >= 11 is 0. The molecule has 0 radical (unpaired) electrons. The largest absolute Gasteiger partial charge is 0.478 e. The number of sulfonamides is 1. The summed E-state index contributed by atoms with van der Waals surface area (Å²) in [5.41, 5.74) is 3.18. The molecule has 2 aliphatic carbocycles. The second-order valence-corrected chi connectivity index (χ2v) is 11.1. The number of nitrogens with zero attached hydrogens (tertiary/aromatic N) is 2. The Morgan fingerprint density at radius 1 is 1.03 bits per heavy atom. The van der Waals surface area contributed by atoms with E-state index < -0.39 is 16.0 Å². The van der Waals surface area contributed by atoms with Crippen LogP contribution in [0.3, 0.4) is 0 Å². The van der Waals surface area contributed by atoms with Crippen LogP contribution in [0.25, 0.3) is 0 Å². The molecule has 3 aliphatic rings. The van der Waals surface area contributed by atoms with Crippen LogP contribution >= 0.6 is 0 Å². The Bertz CT molecular complexity index is 1380. The van der Waals surface area contributed by atoms with E-state index in [4.69, 9.17) is 0 Å². The molecule has 5 atom stereocenters. The SMILES string of the molecule is O=C(O)c1cccc(C2Nc3ccc(S(=O)(=O)Nc4ncccn4)cc3C3C4CCC(C4)C23)c1. The summed E-state index contributed by atoms with van der Waals surface area (Å²) in [5, 5.41) is 13.1. The monoisotopic (exact) mass is 476 g/mol. The van der Waals surface area contributed by atoms with Crippen LogP contribution in [0.15, 0.2) is 65.8 Å². The number of aromatic carboxylic acids is 1. The molecule has 0 spiro atoms. The standard InChI is InChI=1S/C25H24N4O4S/c30-24(31)17-4-1-3-16(12-17)23-22-15-6-5-14(11-15)21(22)19-13-18(7-8-20(19)28-23)34(32,33)29-25-26-9-2-10-27-25/h1-4,7-10,12-15,21-23,28H,5-6,11H2,(H,30,31)(H,26,27,29). The van der Waals surface area contributed by atoms with Gasteiger partial charge in [0.25, 0.3) is 10.0 Å². The van der Waals surface area contributed by atoms with Gasteiger partial charge in [-0.2, -0.15) is 0 Å². The van der Waals surface area contributed by atoms with E-state index >= 15 is 0 Å². The number of aromatic nitrogens is 2. The number of carbonyl (C=O) groups is 1. The van der Waals surface area contributed by atoms with Crippen molar-refractivity contribution < 1.29 is 18.3 Å². The molecule has 5 unspecified atom stereocenters. The lowest BCUT2D eigenvalue weighted by Gasteiger charge is -2.43. The summed E-state index contributed by atoms with van der Waals surface area (Å²) < 4.78 is 28.6. The van der Waals surface area contributed by atoms with Gasteiger partial charge in [0.2, 0.25) is 5.95 Å². The molecular formula is C25H24N4O4S. The van der Waals surface area contributed by atoms with Crippen molar-refractivity contribution in [3.05, 3.63) is 77.6 Å². The molecule has 9 heteroatoms. The van der Waals surface area contributed by atoms with Crippen molar-refractivity contribution in [1.29, 1.82) is 0 Å². The van der Waals surface area contributed by atoms with E-state index in [9.17, 15) is 18.3 Å². The quantitative estimate of drug-likeness (QED) is 0.503. The first kappa shape index (κ1) is 21.1. The van der Waals surface area contributed by atoms with Crippen molar-refractivity contribution in [2.45, 2.75) is 36.1 Å². The lowest BCUT2D eigenvalue weighted by Crippen LogP contribution is -2.35. The molecule has 2 aromatic carbocycles. The Morgan fingerprint density at radius 2 is 1.82 bits per heavy atom. The minimum absolute atomic E-state index is 0.00889. The second-order valence-electron chi connectivity index (χ2n) is 9.42. The number of carboxylic acid groups (broad SMARTS) is 1. The average molecular weight is 477 g/mol. The van der Waals surface area contributed by atoms with Gasteiger partial charge in [-0.3, -0.25) is 0 Å². The van der Waals surface area contributed by atoms with Crippen molar-refractivity contribution in [3.8, 4) is 0 Å². The fourth-order valence-electron chi connectivity index (χ4n) is 6.36. The van der Waals surface area contributed by atoms with Gasteiger partial charge in [-0.25, -0.2) is 27.9 Å². The van der Waals surface area contributed by atoms with E-state index in [0.29, 0.717) is 17.8 Å². The van der Waals surface area contributed by atoms with Gasteiger partial charge in [-0.1, -0.05) is 12.1 Å². The molecule has 0 amide bonds. The number of nitrogens with one attached hydrogen (secondary N) is 2. The third kappa shape index (κ3) is 3.42. The number of hydrogen-bond donors (Lipinski definition) is 3. The normalized spacial score (nSPS) is 26.9. The Balaban J connectivity index is 1.40. The molecule has 1 aliphatic heterocycles. The van der Waals surface area contributed by atoms with E-state index in [1.54, 1.807) is 36.4 Å². The van der Waals surface area contributed by atoms with Gasteiger partial charge in [0.05, 0.1) is 16.5 Å². The molecule has 2 fully saturated rings. The van der Waals surface area contributed by atoms with Gasteiger partial charge in [0, 0.05) is 18.1 Å². The molecule has 3 N–H and O–H groups in total. The van der Waals surface area contributed by atoms with Gasteiger partial charge < -0.3 is 10.4 Å². The molecule has 6 rings (SSSR count). The molecule has 2 bridgehead atoms. The summed E-state index contributed by atoms with van der Waals surface area (Å²) in [7, 11) is -3.84. The topological polar surface area (TPSA) is 121 Å². The highest BCUT2D eigenvalue weighted by Crippen LogP contribution is 2.63. The molecule has 2 saturated carbocycles. The van der Waals surface area contributed by atoms with Gasteiger partial charge in [0.1, 0.15) is 0 Å². The lowest BCUT2D eigenvalue weighted by atomic mass is 9.68. The molecule has 3 aromatic rings. The number of rotatable bonds is 5.